The molecule has 2 heterocycles. The molecule has 0 fully saturated rings. The molecule has 0 aliphatic carbocycles. The number of aromatic nitrogens is 4. The normalized spacial score (nSPS) is 10.9. The number of anilines is 1. The van der Waals surface area contributed by atoms with Gasteiger partial charge in [0.2, 0.25) is 11.8 Å². The molecular formula is C30H24ClN5O4. The van der Waals surface area contributed by atoms with Gasteiger partial charge in [-0.1, -0.05) is 29.8 Å². The molecule has 2 aromatic heterocycles. The van der Waals surface area contributed by atoms with Crippen LogP contribution in [0.2, 0.25) is 5.02 Å². The lowest BCUT2D eigenvalue weighted by molar-refractivity contribution is -0.116. The summed E-state index contributed by atoms with van der Waals surface area (Å²) in [5.41, 5.74) is 4.08. The number of ketones is 1. The first kappa shape index (κ1) is 26.7. The predicted octanol–water partition coefficient (Wildman–Crippen LogP) is 5.28. The monoisotopic (exact) mass is 553 g/mol. The van der Waals surface area contributed by atoms with Crippen LogP contribution in [0.25, 0.3) is 27.8 Å². The lowest BCUT2D eigenvalue weighted by Crippen LogP contribution is -2.23. The number of para-hydroxylation sites is 1. The number of carbonyl (C=O) groups is 2. The Morgan fingerprint density at radius 2 is 1.73 bits per heavy atom. The number of ether oxygens (including phenoxy) is 1. The van der Waals surface area contributed by atoms with Gasteiger partial charge in [0.25, 0.3) is 5.56 Å². The zero-order valence-corrected chi connectivity index (χ0v) is 22.5. The van der Waals surface area contributed by atoms with Crippen molar-refractivity contribution in [1.82, 2.24) is 19.7 Å². The van der Waals surface area contributed by atoms with E-state index in [9.17, 15) is 14.4 Å². The van der Waals surface area contributed by atoms with Crippen molar-refractivity contribution in [3.63, 3.8) is 0 Å². The van der Waals surface area contributed by atoms with Crippen LogP contribution in [-0.2, 0) is 11.2 Å². The smallest absolute Gasteiger partial charge is 0.272 e. The Labute approximate surface area is 234 Å². The summed E-state index contributed by atoms with van der Waals surface area (Å²) in [5.74, 6) is -0.224. The molecule has 3 aromatic carbocycles. The van der Waals surface area contributed by atoms with Crippen molar-refractivity contribution in [2.24, 2.45) is 0 Å². The number of rotatable bonds is 8. The molecule has 40 heavy (non-hydrogen) atoms. The Kier molecular flexibility index (Phi) is 7.65. The van der Waals surface area contributed by atoms with Crippen molar-refractivity contribution >= 4 is 40.0 Å². The largest absolute Gasteiger partial charge is 0.480 e. The van der Waals surface area contributed by atoms with E-state index in [0.29, 0.717) is 45.0 Å². The second-order valence-electron chi connectivity index (χ2n) is 9.00. The molecule has 0 aliphatic rings. The Balaban J connectivity index is 1.42. The Morgan fingerprint density at radius 1 is 0.950 bits per heavy atom. The Morgan fingerprint density at radius 3 is 2.50 bits per heavy atom. The Hall–Kier alpha value is -4.89. The highest BCUT2D eigenvalue weighted by molar-refractivity contribution is 6.31. The number of Topliss-reactive ketones (excluding diaryl/α,β-unsaturated/α-hetero) is 1. The van der Waals surface area contributed by atoms with E-state index >= 15 is 0 Å². The molecule has 9 nitrogen and oxygen atoms in total. The molecule has 0 spiro atoms. The van der Waals surface area contributed by atoms with Crippen molar-refractivity contribution in [2.75, 3.05) is 12.4 Å². The number of nitrogens with zero attached hydrogens (tertiary/aromatic N) is 4. The second kappa shape index (κ2) is 11.5. The van der Waals surface area contributed by atoms with E-state index in [1.165, 1.54) is 24.8 Å². The maximum absolute atomic E-state index is 13.3. The minimum Gasteiger partial charge on any atom is -0.480 e. The first-order valence-corrected chi connectivity index (χ1v) is 12.8. The van der Waals surface area contributed by atoms with Gasteiger partial charge < -0.3 is 10.1 Å². The van der Waals surface area contributed by atoms with Gasteiger partial charge in [-0.25, -0.2) is 0 Å². The van der Waals surface area contributed by atoms with E-state index in [2.05, 4.69) is 20.4 Å². The van der Waals surface area contributed by atoms with Gasteiger partial charge in [-0.3, -0.25) is 24.4 Å². The quantitative estimate of drug-likeness (QED) is 0.260. The summed E-state index contributed by atoms with van der Waals surface area (Å²) in [6, 6.07) is 18.8. The van der Waals surface area contributed by atoms with Gasteiger partial charge in [-0.2, -0.15) is 4.68 Å². The third-order valence-electron chi connectivity index (χ3n) is 6.34. The molecular weight excluding hydrogens is 530 g/mol. The van der Waals surface area contributed by atoms with E-state index in [1.54, 1.807) is 60.9 Å². The molecule has 1 amide bonds. The van der Waals surface area contributed by atoms with Crippen molar-refractivity contribution in [3.05, 3.63) is 106 Å². The van der Waals surface area contributed by atoms with Crippen LogP contribution < -0.4 is 15.6 Å². The molecule has 0 saturated carbocycles. The maximum Gasteiger partial charge on any atom is 0.272 e. The first-order chi connectivity index (χ1) is 19.3. The fourth-order valence-electron chi connectivity index (χ4n) is 4.44. The SMILES string of the molecule is COc1nn(-c2ccccc2CCC(=O)Nc2ccc3nccnc3c2)c(=O)cc1-c1cc(Cl)ccc1C(C)=O. The third kappa shape index (κ3) is 5.60. The molecule has 0 aliphatic heterocycles. The number of halogens is 1. The molecule has 10 heteroatoms. The van der Waals surface area contributed by atoms with Gasteiger partial charge in [0.15, 0.2) is 5.78 Å². The van der Waals surface area contributed by atoms with E-state index in [-0.39, 0.29) is 24.0 Å². The molecule has 200 valence electrons. The summed E-state index contributed by atoms with van der Waals surface area (Å²) >= 11 is 6.20. The van der Waals surface area contributed by atoms with Crippen LogP contribution in [0.3, 0.4) is 0 Å². The minimum atomic E-state index is -0.431. The van der Waals surface area contributed by atoms with E-state index in [1.807, 2.05) is 12.1 Å². The minimum absolute atomic E-state index is 0.149. The molecule has 0 unspecified atom stereocenters. The number of hydrogen-bond donors (Lipinski definition) is 1. The highest BCUT2D eigenvalue weighted by atomic mass is 35.5. The zero-order valence-electron chi connectivity index (χ0n) is 21.7. The van der Waals surface area contributed by atoms with Gasteiger partial charge in [-0.05, 0) is 66.9 Å². The summed E-state index contributed by atoms with van der Waals surface area (Å²) in [6.07, 6.45) is 3.74. The molecule has 1 N–H and O–H groups in total. The molecule has 0 bridgehead atoms. The van der Waals surface area contributed by atoms with Crippen LogP contribution in [0.5, 0.6) is 5.88 Å². The van der Waals surface area contributed by atoms with Gasteiger partial charge in [-0.15, -0.1) is 5.10 Å². The van der Waals surface area contributed by atoms with Crippen molar-refractivity contribution in [2.45, 2.75) is 19.8 Å². The average molecular weight is 554 g/mol. The summed E-state index contributed by atoms with van der Waals surface area (Å²) in [5, 5.41) is 7.76. The number of aryl methyl sites for hydroxylation is 1. The Bertz CT molecular complexity index is 1820. The molecule has 5 rings (SSSR count). The molecule has 0 saturated heterocycles. The molecule has 5 aromatic rings. The highest BCUT2D eigenvalue weighted by Gasteiger charge is 2.19. The summed E-state index contributed by atoms with van der Waals surface area (Å²) < 4.78 is 6.76. The van der Waals surface area contributed by atoms with E-state index in [0.717, 1.165) is 11.1 Å². The first-order valence-electron chi connectivity index (χ1n) is 12.4. The maximum atomic E-state index is 13.3. The topological polar surface area (TPSA) is 116 Å². The lowest BCUT2D eigenvalue weighted by atomic mass is 9.98. The number of hydrogen-bond acceptors (Lipinski definition) is 7. The van der Waals surface area contributed by atoms with Gasteiger partial charge in [0.1, 0.15) is 0 Å². The molecule has 0 atom stereocenters. The fourth-order valence-corrected chi connectivity index (χ4v) is 4.62. The summed E-state index contributed by atoms with van der Waals surface area (Å²) in [6.45, 7) is 1.44. The highest BCUT2D eigenvalue weighted by Crippen LogP contribution is 2.32. The number of amides is 1. The number of nitrogens with one attached hydrogen (secondary N) is 1. The van der Waals surface area contributed by atoms with Crippen molar-refractivity contribution in [1.29, 1.82) is 0 Å². The van der Waals surface area contributed by atoms with E-state index < -0.39 is 5.56 Å². The number of benzene rings is 3. The summed E-state index contributed by atoms with van der Waals surface area (Å²) in [4.78, 5) is 46.8. The lowest BCUT2D eigenvalue weighted by Gasteiger charge is -2.15. The summed E-state index contributed by atoms with van der Waals surface area (Å²) in [7, 11) is 1.44. The van der Waals surface area contributed by atoms with Crippen LogP contribution in [-0.4, -0.2) is 38.5 Å². The van der Waals surface area contributed by atoms with Crippen LogP contribution in [0.4, 0.5) is 5.69 Å². The predicted molar refractivity (Wildman–Crippen MR) is 153 cm³/mol. The fraction of sp³-hybridized carbons (Fsp3) is 0.133. The second-order valence-corrected chi connectivity index (χ2v) is 9.44. The van der Waals surface area contributed by atoms with Crippen molar-refractivity contribution in [3.8, 4) is 22.7 Å². The average Bonchev–Trinajstić information content (AvgIpc) is 2.96. The number of carbonyl (C=O) groups excluding carboxylic acids is 2. The van der Waals surface area contributed by atoms with E-state index in [4.69, 9.17) is 16.3 Å². The van der Waals surface area contributed by atoms with Crippen molar-refractivity contribution < 1.29 is 14.3 Å². The van der Waals surface area contributed by atoms with Crippen LogP contribution in [0, 0.1) is 0 Å². The van der Waals surface area contributed by atoms with Gasteiger partial charge >= 0.3 is 0 Å². The van der Waals surface area contributed by atoms with Gasteiger partial charge in [0, 0.05) is 41.2 Å². The van der Waals surface area contributed by atoms with Crippen LogP contribution >= 0.6 is 11.6 Å². The molecule has 0 radical (unpaired) electrons. The van der Waals surface area contributed by atoms with Crippen LogP contribution in [0.15, 0.2) is 83.9 Å². The standard InChI is InChI=1S/C30H24ClN5O4/c1-18(37)22-10-8-20(31)15-23(22)24-17-29(39)36(35-30(24)40-2)27-6-4-3-5-19(27)7-12-28(38)34-21-9-11-25-26(16-21)33-14-13-32-25/h3-6,8-11,13-17H,7,12H2,1-2H3,(H,34,38). The third-order valence-corrected chi connectivity index (χ3v) is 6.57. The zero-order chi connectivity index (χ0) is 28.2. The van der Waals surface area contributed by atoms with Crippen LogP contribution in [0.1, 0.15) is 29.3 Å². The number of fused-ring (bicyclic) bond motifs is 1. The number of methoxy groups -OCH3 is 1. The van der Waals surface area contributed by atoms with Gasteiger partial charge in [0.05, 0.1) is 29.4 Å².